The lowest BCUT2D eigenvalue weighted by atomic mass is 9.49. The smallest absolute Gasteiger partial charge is 0.417 e. The minimum atomic E-state index is -4.76. The molecular formula is C33H24Cl2F3IN4O7. The van der Waals surface area contributed by atoms with Crippen molar-refractivity contribution < 1.29 is 47.4 Å². The summed E-state index contributed by atoms with van der Waals surface area (Å²) >= 11 is 14.4. The lowest BCUT2D eigenvalue weighted by Gasteiger charge is -2.50. The lowest BCUT2D eigenvalue weighted by molar-refractivity contribution is -0.173. The van der Waals surface area contributed by atoms with Crippen molar-refractivity contribution in [2.24, 2.45) is 23.7 Å². The summed E-state index contributed by atoms with van der Waals surface area (Å²) < 4.78 is 45.9. The number of amides is 4. The van der Waals surface area contributed by atoms with Gasteiger partial charge in [0.1, 0.15) is 0 Å². The van der Waals surface area contributed by atoms with Crippen molar-refractivity contribution in [3.8, 4) is 11.5 Å². The van der Waals surface area contributed by atoms with E-state index in [2.05, 4.69) is 10.4 Å². The Kier molecular flexibility index (Phi) is 8.35. The first-order chi connectivity index (χ1) is 23.6. The number of allylic oxidation sites excluding steroid dienone is 2. The molecule has 6 atom stereocenters. The predicted octanol–water partition coefficient (Wildman–Crippen LogP) is 6.10. The molecule has 11 nitrogen and oxygen atoms in total. The third-order valence-corrected chi connectivity index (χ3v) is 11.5. The minimum Gasteiger partial charge on any atom is -0.504 e. The zero-order chi connectivity index (χ0) is 36.0. The number of alkyl halides is 3. The van der Waals surface area contributed by atoms with Crippen LogP contribution in [0.5, 0.6) is 11.5 Å². The van der Waals surface area contributed by atoms with Crippen LogP contribution in [-0.4, -0.2) is 56.1 Å². The second-order valence-electron chi connectivity index (χ2n) is 12.5. The zero-order valence-electron chi connectivity index (χ0n) is 25.5. The van der Waals surface area contributed by atoms with Gasteiger partial charge in [-0.15, -0.1) is 0 Å². The van der Waals surface area contributed by atoms with Crippen LogP contribution in [0.3, 0.4) is 0 Å². The number of fused-ring (bicyclic) bond motifs is 4. The van der Waals surface area contributed by atoms with Gasteiger partial charge in [0, 0.05) is 17.1 Å². The van der Waals surface area contributed by atoms with E-state index in [1.165, 1.54) is 13.2 Å². The molecule has 260 valence electrons. The molecule has 3 aromatic rings. The number of carbonyl (C=O) groups excluding carboxylic acids is 4. The quantitative estimate of drug-likeness (QED) is 0.120. The number of hydrazine groups is 1. The SMILES string of the molecule is COc1cc(C2C3=CCC4C(=O)N(O)C(=O)C4C3CC3C(=O)N(Nc4ncc(C(F)(F)F)cc4Cl)C(=O)C32c2ccc(Cl)cc2)cc(I)c1O. The van der Waals surface area contributed by atoms with Crippen LogP contribution in [0.2, 0.25) is 10.0 Å². The van der Waals surface area contributed by atoms with E-state index in [0.29, 0.717) is 42.6 Å². The number of pyridine rings is 1. The first kappa shape index (κ1) is 34.5. The molecule has 17 heteroatoms. The first-order valence-corrected chi connectivity index (χ1v) is 16.9. The highest BCUT2D eigenvalue weighted by Gasteiger charge is 2.70. The molecule has 0 bridgehead atoms. The van der Waals surface area contributed by atoms with Crippen LogP contribution in [0.4, 0.5) is 19.0 Å². The number of nitrogens with zero attached hydrogens (tertiary/aromatic N) is 3. The molecule has 0 radical (unpaired) electrons. The molecule has 1 saturated carbocycles. The van der Waals surface area contributed by atoms with Crippen molar-refractivity contribution in [1.29, 1.82) is 0 Å². The molecule has 1 aromatic heterocycles. The van der Waals surface area contributed by atoms with Crippen LogP contribution >= 0.6 is 45.8 Å². The number of nitrogens with one attached hydrogen (secondary N) is 1. The van der Waals surface area contributed by atoms with Crippen LogP contribution in [0.1, 0.15) is 35.4 Å². The van der Waals surface area contributed by atoms with Gasteiger partial charge in [-0.05, 0) is 82.8 Å². The molecule has 2 aliphatic carbocycles. The fraction of sp³-hybridized carbons (Fsp3) is 0.303. The molecule has 50 heavy (non-hydrogen) atoms. The molecule has 3 fully saturated rings. The standard InChI is InChI=1S/C33H24Cl2F3IN4O7/c1-50-23-9-13(8-22(39)26(23)44)25-17-6-7-18-24(30(47)43(49)28(18)45)19(17)11-20-29(46)42(31(48)32(20,25)14-2-4-16(34)5-3-14)41-27-21(35)10-15(12-40-27)33(36,37)38/h2-6,8-10,12,18-20,24-25,44,49H,7,11H2,1H3,(H,40,41). The average molecular weight is 843 g/mol. The van der Waals surface area contributed by atoms with Crippen molar-refractivity contribution in [3.05, 3.63) is 90.6 Å². The molecule has 2 saturated heterocycles. The van der Waals surface area contributed by atoms with Gasteiger partial charge >= 0.3 is 6.18 Å². The number of imide groups is 2. The Hall–Kier alpha value is -3.93. The van der Waals surface area contributed by atoms with Crippen molar-refractivity contribution in [3.63, 3.8) is 0 Å². The van der Waals surface area contributed by atoms with E-state index < -0.39 is 81.2 Å². The van der Waals surface area contributed by atoms with Crippen LogP contribution < -0.4 is 10.2 Å². The fourth-order valence-corrected chi connectivity index (χ4v) is 9.02. The Labute approximate surface area is 305 Å². The Morgan fingerprint density at radius 2 is 1.74 bits per heavy atom. The number of rotatable bonds is 5. The van der Waals surface area contributed by atoms with E-state index in [0.717, 1.165) is 0 Å². The normalized spacial score (nSPS) is 27.6. The molecule has 4 amide bonds. The highest BCUT2D eigenvalue weighted by atomic mass is 127. The van der Waals surface area contributed by atoms with Gasteiger partial charge < -0.3 is 9.84 Å². The maximum absolute atomic E-state index is 15.1. The summed E-state index contributed by atoms with van der Waals surface area (Å²) in [5, 5.41) is 21.7. The van der Waals surface area contributed by atoms with Crippen molar-refractivity contribution >= 4 is 75.2 Å². The van der Waals surface area contributed by atoms with E-state index in [1.54, 1.807) is 36.4 Å². The Bertz CT molecular complexity index is 2030. The van der Waals surface area contributed by atoms with Crippen LogP contribution in [0, 0.1) is 27.2 Å². The number of methoxy groups -OCH3 is 1. The minimum absolute atomic E-state index is 0.0531. The van der Waals surface area contributed by atoms with E-state index in [9.17, 15) is 37.9 Å². The summed E-state index contributed by atoms with van der Waals surface area (Å²) in [6.45, 7) is 0. The molecule has 4 aliphatic rings. The third-order valence-electron chi connectivity index (χ3n) is 10.1. The molecule has 6 unspecified atom stereocenters. The number of carbonyl (C=O) groups is 4. The Morgan fingerprint density at radius 1 is 1.04 bits per heavy atom. The predicted molar refractivity (Wildman–Crippen MR) is 178 cm³/mol. The van der Waals surface area contributed by atoms with E-state index >= 15 is 4.79 Å². The maximum Gasteiger partial charge on any atom is 0.417 e. The number of aromatic nitrogens is 1. The second-order valence-corrected chi connectivity index (χ2v) is 14.5. The van der Waals surface area contributed by atoms with E-state index in [4.69, 9.17) is 27.9 Å². The summed E-state index contributed by atoms with van der Waals surface area (Å²) in [7, 11) is 1.34. The molecule has 2 aromatic carbocycles. The summed E-state index contributed by atoms with van der Waals surface area (Å²) in [5.41, 5.74) is 0.956. The van der Waals surface area contributed by atoms with Gasteiger partial charge in [-0.1, -0.05) is 47.0 Å². The maximum atomic E-state index is 15.1. The number of phenols is 1. The molecule has 3 N–H and O–H groups in total. The second kappa shape index (κ2) is 12.1. The van der Waals surface area contributed by atoms with E-state index in [1.807, 2.05) is 22.6 Å². The topological polar surface area (TPSA) is 149 Å². The zero-order valence-corrected chi connectivity index (χ0v) is 29.2. The van der Waals surface area contributed by atoms with Gasteiger partial charge in [-0.3, -0.25) is 29.8 Å². The molecule has 2 aliphatic heterocycles. The van der Waals surface area contributed by atoms with Gasteiger partial charge in [0.25, 0.3) is 23.6 Å². The Morgan fingerprint density at radius 3 is 2.38 bits per heavy atom. The van der Waals surface area contributed by atoms with Gasteiger partial charge in [0.15, 0.2) is 17.3 Å². The average Bonchev–Trinajstić information content (AvgIpc) is 3.43. The third kappa shape index (κ3) is 4.98. The fourth-order valence-electron chi connectivity index (χ4n) is 8.06. The summed E-state index contributed by atoms with van der Waals surface area (Å²) in [6, 6.07) is 10.0. The largest absolute Gasteiger partial charge is 0.504 e. The number of phenolic OH excluding ortho intramolecular Hbond substituents is 1. The number of anilines is 1. The summed E-state index contributed by atoms with van der Waals surface area (Å²) in [4.78, 5) is 59.8. The summed E-state index contributed by atoms with van der Waals surface area (Å²) in [6.07, 6.45) is -2.57. The van der Waals surface area contributed by atoms with Crippen molar-refractivity contribution in [2.45, 2.75) is 30.4 Å². The number of benzene rings is 2. The number of aromatic hydroxyl groups is 1. The van der Waals surface area contributed by atoms with Crippen molar-refractivity contribution in [2.75, 3.05) is 12.5 Å². The van der Waals surface area contributed by atoms with E-state index in [-0.39, 0.29) is 29.4 Å². The summed E-state index contributed by atoms with van der Waals surface area (Å²) in [5.74, 6) is -8.76. The number of hydrogen-bond acceptors (Lipinski definition) is 9. The monoisotopic (exact) mass is 842 g/mol. The van der Waals surface area contributed by atoms with Gasteiger partial charge in [-0.25, -0.2) is 4.98 Å². The van der Waals surface area contributed by atoms with Crippen LogP contribution in [0.15, 0.2) is 60.3 Å². The molecule has 0 spiro atoms. The van der Waals surface area contributed by atoms with Gasteiger partial charge in [0.05, 0.1) is 44.4 Å². The first-order valence-electron chi connectivity index (χ1n) is 15.1. The number of hydroxylamine groups is 2. The Balaban J connectivity index is 1.47. The number of halogens is 6. The molecule has 3 heterocycles. The lowest BCUT2D eigenvalue weighted by Crippen LogP contribution is -2.53. The van der Waals surface area contributed by atoms with Gasteiger partial charge in [-0.2, -0.15) is 23.2 Å². The molecule has 7 rings (SSSR count). The van der Waals surface area contributed by atoms with Gasteiger partial charge in [0.2, 0.25) is 0 Å². The highest BCUT2D eigenvalue weighted by Crippen LogP contribution is 2.64. The van der Waals surface area contributed by atoms with Crippen LogP contribution in [0.25, 0.3) is 0 Å². The van der Waals surface area contributed by atoms with Crippen LogP contribution in [-0.2, 0) is 30.8 Å². The number of hydrogen-bond donors (Lipinski definition) is 3. The molecular weight excluding hydrogens is 819 g/mol. The number of ether oxygens (including phenoxy) is 1. The highest BCUT2D eigenvalue weighted by molar-refractivity contribution is 14.1. The van der Waals surface area contributed by atoms with Crippen molar-refractivity contribution in [1.82, 2.24) is 15.1 Å².